The summed E-state index contributed by atoms with van der Waals surface area (Å²) >= 11 is 0. The van der Waals surface area contributed by atoms with E-state index >= 15 is 0 Å². The highest BCUT2D eigenvalue weighted by Crippen LogP contribution is 2.65. The van der Waals surface area contributed by atoms with Crippen molar-refractivity contribution in [1.82, 2.24) is 0 Å². The van der Waals surface area contributed by atoms with Gasteiger partial charge in [-0.15, -0.1) is 0 Å². The highest BCUT2D eigenvalue weighted by molar-refractivity contribution is 7.00. The first kappa shape index (κ1) is 56.6. The Bertz CT molecular complexity index is 3870. The van der Waals surface area contributed by atoms with Crippen LogP contribution in [-0.4, -0.2) is 12.3 Å². The molecule has 1 saturated carbocycles. The molecule has 0 aromatic heterocycles. The highest BCUT2D eigenvalue weighted by Gasteiger charge is 2.62. The number of hydrogen-bond acceptors (Lipinski definition) is 3. The van der Waals surface area contributed by atoms with Gasteiger partial charge in [0.1, 0.15) is 0 Å². The summed E-state index contributed by atoms with van der Waals surface area (Å²) in [4.78, 5) is 8.31. The van der Waals surface area contributed by atoms with Crippen LogP contribution in [0.25, 0.3) is 22.3 Å². The van der Waals surface area contributed by atoms with Crippen molar-refractivity contribution < 1.29 is 0 Å². The lowest BCUT2D eigenvalue weighted by atomic mass is 9.33. The number of anilines is 8. The molecule has 3 heterocycles. The Hall–Kier alpha value is -7.56. The van der Waals surface area contributed by atoms with Gasteiger partial charge in [0.2, 0.25) is 0 Å². The summed E-state index contributed by atoms with van der Waals surface area (Å²) in [6.07, 6.45) is 4.47. The number of fused-ring (bicyclic) bond motifs is 7. The third-order valence-corrected chi connectivity index (χ3v) is 20.1. The van der Waals surface area contributed by atoms with E-state index in [2.05, 4.69) is 320 Å². The first-order valence-corrected chi connectivity index (χ1v) is 31.7. The molecule has 430 valence electrons. The minimum absolute atomic E-state index is 0.0337. The molecule has 3 nitrogen and oxygen atoms in total. The zero-order valence-corrected chi connectivity index (χ0v) is 53.7. The van der Waals surface area contributed by atoms with Gasteiger partial charge in [-0.25, -0.2) is 0 Å². The quantitative estimate of drug-likeness (QED) is 0.154. The van der Waals surface area contributed by atoms with Crippen molar-refractivity contribution in [2.45, 2.75) is 174 Å². The fourth-order valence-corrected chi connectivity index (χ4v) is 15.3. The monoisotopic (exact) mass is 1110 g/mol. The first-order valence-electron chi connectivity index (χ1n) is 31.7. The molecule has 3 aliphatic heterocycles. The van der Waals surface area contributed by atoms with E-state index in [1.807, 2.05) is 0 Å². The lowest BCUT2D eigenvalue weighted by molar-refractivity contribution is 0.215. The van der Waals surface area contributed by atoms with Gasteiger partial charge in [-0.1, -0.05) is 256 Å². The maximum atomic E-state index is 2.87. The van der Waals surface area contributed by atoms with Crippen molar-refractivity contribution in [2.75, 3.05) is 14.7 Å². The SMILES string of the molecule is CC(C)(C)c1ccc(N2c3cc(C(C)(C)C)ccc3B3c4ccc(C(C)(C)C)cc4N(c4ccc(C(C)(C)C)cc4-c4ccccc4)c4cc(N5c6ccc(C(C)(C)C)cc6C6(c7ccccc7)CCCCC56C)cc2c43)c(-c2ccccc2)c1. The van der Waals surface area contributed by atoms with Crippen molar-refractivity contribution in [3.63, 3.8) is 0 Å². The van der Waals surface area contributed by atoms with Crippen LogP contribution in [0.1, 0.15) is 175 Å². The highest BCUT2D eigenvalue weighted by atomic mass is 15.3. The molecule has 2 atom stereocenters. The Morgan fingerprint density at radius 2 is 0.729 bits per heavy atom. The van der Waals surface area contributed by atoms with E-state index in [1.54, 1.807) is 0 Å². The predicted molar refractivity (Wildman–Crippen MR) is 368 cm³/mol. The molecule has 13 rings (SSSR count). The molecular formula is C81H88BN3. The fourth-order valence-electron chi connectivity index (χ4n) is 15.3. The van der Waals surface area contributed by atoms with Gasteiger partial charge in [-0.05, 0) is 168 Å². The van der Waals surface area contributed by atoms with Gasteiger partial charge in [0.25, 0.3) is 6.71 Å². The van der Waals surface area contributed by atoms with Gasteiger partial charge in [-0.3, -0.25) is 0 Å². The van der Waals surface area contributed by atoms with Crippen molar-refractivity contribution in [3.8, 4) is 22.3 Å². The standard InChI is InChI=1S/C81H88BN3/c1-75(2,3)56-36-41-67(62(46-56)53-28-20-17-21-29-53)83-70-49-59(78(10,11)12)34-39-65(70)82-66-40-35-60(79(13,14)15)50-71(66)84(68-42-37-57(76(4,5)6)47-63(68)54-30-22-18-23-31-54)73-52-61(51-72(83)74(73)82)85-69-43-38-58(77(7,8)9)48-64(69)81(55-32-24-19-25-33-55)45-27-26-44-80(81,85)16/h17-25,28-43,46-52H,26-27,44-45H2,1-16H3. The van der Waals surface area contributed by atoms with Crippen molar-refractivity contribution in [3.05, 3.63) is 233 Å². The van der Waals surface area contributed by atoms with Gasteiger partial charge >= 0.3 is 0 Å². The first-order chi connectivity index (χ1) is 40.2. The molecule has 1 fully saturated rings. The van der Waals surface area contributed by atoms with E-state index in [1.165, 1.54) is 130 Å². The molecule has 4 aliphatic rings. The number of benzene rings is 9. The average molecular weight is 1110 g/mol. The van der Waals surface area contributed by atoms with E-state index in [-0.39, 0.29) is 44.7 Å². The summed E-state index contributed by atoms with van der Waals surface area (Å²) in [5, 5.41) is 0. The molecule has 0 saturated heterocycles. The van der Waals surface area contributed by atoms with E-state index < -0.39 is 0 Å². The average Bonchev–Trinajstić information content (AvgIpc) is 1.68. The summed E-state index contributed by atoms with van der Waals surface area (Å²) in [6, 6.07) is 76.7. The number of hydrogen-bond donors (Lipinski definition) is 0. The molecule has 9 aromatic rings. The lowest BCUT2D eigenvalue weighted by Crippen LogP contribution is -2.62. The summed E-state index contributed by atoms with van der Waals surface area (Å²) in [7, 11) is 0. The van der Waals surface area contributed by atoms with Crippen molar-refractivity contribution in [2.24, 2.45) is 0 Å². The molecule has 0 radical (unpaired) electrons. The fraction of sp³-hybridized carbons (Fsp3) is 0.333. The summed E-state index contributed by atoms with van der Waals surface area (Å²) in [5.41, 5.74) is 27.3. The van der Waals surface area contributed by atoms with E-state index in [9.17, 15) is 0 Å². The normalized spacial score (nSPS) is 18.4. The van der Waals surface area contributed by atoms with Crippen LogP contribution >= 0.6 is 0 Å². The van der Waals surface area contributed by atoms with Crippen LogP contribution in [-0.2, 0) is 32.5 Å². The third kappa shape index (κ3) is 9.13. The van der Waals surface area contributed by atoms with Gasteiger partial charge in [-0.2, -0.15) is 0 Å². The second-order valence-electron chi connectivity index (χ2n) is 30.8. The van der Waals surface area contributed by atoms with Crippen LogP contribution in [0.3, 0.4) is 0 Å². The Morgan fingerprint density at radius 3 is 1.16 bits per heavy atom. The predicted octanol–water partition coefficient (Wildman–Crippen LogP) is 20.4. The largest absolute Gasteiger partial charge is 0.334 e. The lowest BCUT2D eigenvalue weighted by Gasteiger charge is -2.53. The topological polar surface area (TPSA) is 9.72 Å². The van der Waals surface area contributed by atoms with E-state index in [0.29, 0.717) is 0 Å². The van der Waals surface area contributed by atoms with Crippen LogP contribution < -0.4 is 31.1 Å². The Labute approximate surface area is 510 Å². The second kappa shape index (κ2) is 19.7. The summed E-state index contributed by atoms with van der Waals surface area (Å²) in [6.45, 7) is 38.0. The molecule has 0 bridgehead atoms. The Balaban J connectivity index is 1.22. The minimum Gasteiger partial charge on any atom is -0.334 e. The Kier molecular flexibility index (Phi) is 13.1. The molecule has 4 heteroatoms. The maximum absolute atomic E-state index is 2.87. The maximum Gasteiger partial charge on any atom is 0.252 e. The van der Waals surface area contributed by atoms with Gasteiger partial charge in [0.05, 0.1) is 16.9 Å². The van der Waals surface area contributed by atoms with Crippen LogP contribution in [0, 0.1) is 0 Å². The number of rotatable bonds is 6. The zero-order chi connectivity index (χ0) is 60.0. The van der Waals surface area contributed by atoms with Crippen LogP contribution in [0.2, 0.25) is 0 Å². The summed E-state index contributed by atoms with van der Waals surface area (Å²) < 4.78 is 0. The van der Waals surface area contributed by atoms with Crippen molar-refractivity contribution in [1.29, 1.82) is 0 Å². The van der Waals surface area contributed by atoms with Crippen LogP contribution in [0.5, 0.6) is 0 Å². The van der Waals surface area contributed by atoms with Gasteiger partial charge in [0.15, 0.2) is 0 Å². The molecule has 85 heavy (non-hydrogen) atoms. The van der Waals surface area contributed by atoms with Crippen LogP contribution in [0.15, 0.2) is 194 Å². The van der Waals surface area contributed by atoms with E-state index in [0.717, 1.165) is 19.3 Å². The second-order valence-corrected chi connectivity index (χ2v) is 30.8. The smallest absolute Gasteiger partial charge is 0.252 e. The molecular weight excluding hydrogens is 1030 g/mol. The molecule has 9 aromatic carbocycles. The molecule has 0 N–H and O–H groups in total. The zero-order valence-electron chi connectivity index (χ0n) is 53.7. The third-order valence-electron chi connectivity index (χ3n) is 20.1. The molecule has 1 aliphatic carbocycles. The molecule has 0 amide bonds. The number of nitrogens with zero attached hydrogens (tertiary/aromatic N) is 3. The summed E-state index contributed by atoms with van der Waals surface area (Å²) in [5.74, 6) is 0. The minimum atomic E-state index is -0.327. The van der Waals surface area contributed by atoms with Crippen LogP contribution in [0.4, 0.5) is 45.5 Å². The molecule has 0 spiro atoms. The van der Waals surface area contributed by atoms with Gasteiger partial charge < -0.3 is 14.7 Å². The van der Waals surface area contributed by atoms with Gasteiger partial charge in [0, 0.05) is 50.7 Å². The van der Waals surface area contributed by atoms with Crippen molar-refractivity contribution >= 4 is 68.6 Å². The van der Waals surface area contributed by atoms with E-state index in [4.69, 9.17) is 0 Å². The molecule has 2 unspecified atom stereocenters. The Morgan fingerprint density at radius 1 is 0.353 bits per heavy atom.